The van der Waals surface area contributed by atoms with Crippen LogP contribution in [0, 0.1) is 5.92 Å². The number of nitrogens with zero attached hydrogens (tertiary/aromatic N) is 2. The van der Waals surface area contributed by atoms with E-state index in [-0.39, 0.29) is 0 Å². The molecule has 34 heavy (non-hydrogen) atoms. The highest BCUT2D eigenvalue weighted by atomic mass is 14.8. The van der Waals surface area contributed by atoms with Crippen LogP contribution in [0.3, 0.4) is 0 Å². The maximum absolute atomic E-state index is 5.46. The molecule has 0 aromatic heterocycles. The van der Waals surface area contributed by atoms with Gasteiger partial charge >= 0.3 is 0 Å². The molecular weight excluding hydrogens is 412 g/mol. The normalized spacial score (nSPS) is 18.7. The molecule has 2 aromatic carbocycles. The van der Waals surface area contributed by atoms with Crippen molar-refractivity contribution in [3.63, 3.8) is 0 Å². The molecular formula is C32H46N2. The third-order valence-electron chi connectivity index (χ3n) is 7.31. The fraction of sp³-hybridized carbons (Fsp3) is 0.562. The third-order valence-corrected chi connectivity index (χ3v) is 7.31. The van der Waals surface area contributed by atoms with Gasteiger partial charge in [0.25, 0.3) is 0 Å². The van der Waals surface area contributed by atoms with Gasteiger partial charge in [0, 0.05) is 17.3 Å². The third kappa shape index (κ3) is 5.88. The van der Waals surface area contributed by atoms with Gasteiger partial charge in [-0.1, -0.05) is 98.2 Å². The Hall–Kier alpha value is -2.22. The van der Waals surface area contributed by atoms with Gasteiger partial charge in [0.2, 0.25) is 0 Å². The number of aliphatic imine (C=N–C) groups is 2. The summed E-state index contributed by atoms with van der Waals surface area (Å²) in [5.41, 5.74) is 10.4. The Morgan fingerprint density at radius 1 is 0.676 bits per heavy atom. The van der Waals surface area contributed by atoms with Crippen LogP contribution in [0.25, 0.3) is 0 Å². The van der Waals surface area contributed by atoms with E-state index in [4.69, 9.17) is 9.98 Å². The van der Waals surface area contributed by atoms with Crippen molar-refractivity contribution in [2.75, 3.05) is 0 Å². The Bertz CT molecular complexity index is 984. The predicted molar refractivity (Wildman–Crippen MR) is 151 cm³/mol. The Balaban J connectivity index is 2.12. The van der Waals surface area contributed by atoms with Gasteiger partial charge in [0.1, 0.15) is 0 Å². The fourth-order valence-electron chi connectivity index (χ4n) is 5.26. The summed E-state index contributed by atoms with van der Waals surface area (Å²) in [6.45, 7) is 20.5. The average molecular weight is 459 g/mol. The number of rotatable bonds is 7. The highest BCUT2D eigenvalue weighted by Gasteiger charge is 2.25. The van der Waals surface area contributed by atoms with E-state index in [1.54, 1.807) is 0 Å². The van der Waals surface area contributed by atoms with Gasteiger partial charge in [-0.3, -0.25) is 9.98 Å². The van der Waals surface area contributed by atoms with Crippen molar-refractivity contribution in [3.8, 4) is 0 Å². The molecule has 2 heteroatoms. The van der Waals surface area contributed by atoms with E-state index < -0.39 is 0 Å². The van der Waals surface area contributed by atoms with Crippen LogP contribution in [-0.2, 0) is 0 Å². The molecule has 1 atom stereocenters. The topological polar surface area (TPSA) is 24.7 Å². The first-order valence-corrected chi connectivity index (χ1v) is 13.5. The maximum atomic E-state index is 5.46. The van der Waals surface area contributed by atoms with Crippen LogP contribution < -0.4 is 0 Å². The summed E-state index contributed by atoms with van der Waals surface area (Å²) in [7, 11) is 0. The molecule has 1 aliphatic rings. The molecule has 3 rings (SSSR count). The quantitative estimate of drug-likeness (QED) is 0.369. The predicted octanol–water partition coefficient (Wildman–Crippen LogP) is 10.2. The maximum Gasteiger partial charge on any atom is 0.0698 e. The summed E-state index contributed by atoms with van der Waals surface area (Å²) in [6.07, 6.45) is 4.70. The highest BCUT2D eigenvalue weighted by molar-refractivity contribution is 6.08. The second-order valence-corrected chi connectivity index (χ2v) is 11.3. The zero-order valence-corrected chi connectivity index (χ0v) is 23.1. The molecule has 0 amide bonds. The second-order valence-electron chi connectivity index (χ2n) is 11.3. The van der Waals surface area contributed by atoms with Crippen molar-refractivity contribution in [3.05, 3.63) is 58.7 Å². The molecule has 0 bridgehead atoms. The van der Waals surface area contributed by atoms with Crippen LogP contribution in [0.5, 0.6) is 0 Å². The van der Waals surface area contributed by atoms with Crippen LogP contribution in [0.2, 0.25) is 0 Å². The van der Waals surface area contributed by atoms with Gasteiger partial charge in [0.15, 0.2) is 0 Å². The Morgan fingerprint density at radius 2 is 1.12 bits per heavy atom. The molecule has 2 aromatic rings. The zero-order valence-electron chi connectivity index (χ0n) is 23.1. The van der Waals surface area contributed by atoms with Crippen LogP contribution in [0.4, 0.5) is 11.4 Å². The van der Waals surface area contributed by atoms with Crippen molar-refractivity contribution in [1.82, 2.24) is 0 Å². The van der Waals surface area contributed by atoms with Crippen LogP contribution in [0.15, 0.2) is 46.4 Å². The summed E-state index contributed by atoms with van der Waals surface area (Å²) >= 11 is 0. The molecule has 0 aliphatic heterocycles. The van der Waals surface area contributed by atoms with Gasteiger partial charge in [-0.15, -0.1) is 0 Å². The summed E-state index contributed by atoms with van der Waals surface area (Å²) < 4.78 is 0. The largest absolute Gasteiger partial charge is 0.257 e. The molecule has 184 valence electrons. The van der Waals surface area contributed by atoms with Crippen molar-refractivity contribution in [1.29, 1.82) is 0 Å². The number of benzene rings is 2. The van der Waals surface area contributed by atoms with E-state index in [2.05, 4.69) is 98.7 Å². The molecule has 0 heterocycles. The molecule has 0 spiro atoms. The summed E-state index contributed by atoms with van der Waals surface area (Å²) in [4.78, 5) is 10.8. The van der Waals surface area contributed by atoms with Crippen LogP contribution in [0.1, 0.15) is 134 Å². The zero-order chi connectivity index (χ0) is 25.0. The fourth-order valence-corrected chi connectivity index (χ4v) is 5.26. The van der Waals surface area contributed by atoms with Crippen molar-refractivity contribution in [2.45, 2.75) is 112 Å². The minimum Gasteiger partial charge on any atom is -0.257 e. The lowest BCUT2D eigenvalue weighted by atomic mass is 9.83. The lowest BCUT2D eigenvalue weighted by molar-refractivity contribution is 0.611. The standard InChI is InChI=1S/C32H46N2/c1-20(2)25-15-12-16-26(21(3)4)31(25)33-24(9)29-14-10-11-19-30(29)34-32-27(22(5)6)17-13-18-28(32)23(7)8/h12-13,15-18,20-23,29H,10-11,14,19H2,1-9H3/b33-24+,34-30+. The van der Waals surface area contributed by atoms with Crippen LogP contribution >= 0.6 is 0 Å². The van der Waals surface area contributed by atoms with Gasteiger partial charge in [-0.05, 0) is 72.1 Å². The first kappa shape index (κ1) is 26.4. The monoisotopic (exact) mass is 458 g/mol. The van der Waals surface area contributed by atoms with Gasteiger partial charge in [-0.2, -0.15) is 0 Å². The number of hydrogen-bond acceptors (Lipinski definition) is 2. The first-order chi connectivity index (χ1) is 16.1. The minimum absolute atomic E-state index is 0.328. The number of para-hydroxylation sites is 2. The van der Waals surface area contributed by atoms with E-state index in [1.807, 2.05) is 0 Å². The second kappa shape index (κ2) is 11.5. The lowest BCUT2D eigenvalue weighted by Crippen LogP contribution is -2.26. The molecule has 1 saturated carbocycles. The molecule has 1 fully saturated rings. The molecule has 1 aliphatic carbocycles. The van der Waals surface area contributed by atoms with Gasteiger partial charge in [0.05, 0.1) is 11.4 Å². The highest BCUT2D eigenvalue weighted by Crippen LogP contribution is 2.38. The molecule has 1 unspecified atom stereocenters. The van der Waals surface area contributed by atoms with E-state index in [0.29, 0.717) is 29.6 Å². The number of hydrogen-bond donors (Lipinski definition) is 0. The van der Waals surface area contributed by atoms with Crippen molar-refractivity contribution < 1.29 is 0 Å². The molecule has 0 radical (unpaired) electrons. The Morgan fingerprint density at radius 3 is 1.56 bits per heavy atom. The minimum atomic E-state index is 0.328. The van der Waals surface area contributed by atoms with Crippen LogP contribution in [-0.4, -0.2) is 11.4 Å². The van der Waals surface area contributed by atoms with E-state index >= 15 is 0 Å². The smallest absolute Gasteiger partial charge is 0.0698 e. The SMILES string of the molecule is C/C(=N\c1c(C(C)C)cccc1C(C)C)C1CCCC/C1=N\c1c(C(C)C)cccc1C(C)C. The average Bonchev–Trinajstić information content (AvgIpc) is 2.79. The Labute approximate surface area is 209 Å². The molecule has 0 N–H and O–H groups in total. The van der Waals surface area contributed by atoms with E-state index in [1.165, 1.54) is 57.9 Å². The summed E-state index contributed by atoms with van der Waals surface area (Å²) in [6, 6.07) is 13.4. The summed E-state index contributed by atoms with van der Waals surface area (Å²) in [5, 5.41) is 0. The molecule has 2 nitrogen and oxygen atoms in total. The molecule has 0 saturated heterocycles. The van der Waals surface area contributed by atoms with Crippen molar-refractivity contribution in [2.24, 2.45) is 15.9 Å². The Kier molecular flexibility index (Phi) is 8.90. The summed E-state index contributed by atoms with van der Waals surface area (Å²) in [5.74, 6) is 2.16. The van der Waals surface area contributed by atoms with E-state index in [9.17, 15) is 0 Å². The van der Waals surface area contributed by atoms with Crippen molar-refractivity contribution >= 4 is 22.8 Å². The van der Waals surface area contributed by atoms with Gasteiger partial charge < -0.3 is 0 Å². The van der Waals surface area contributed by atoms with E-state index in [0.717, 1.165) is 12.8 Å². The first-order valence-electron chi connectivity index (χ1n) is 13.5. The lowest BCUT2D eigenvalue weighted by Gasteiger charge is -2.27. The van der Waals surface area contributed by atoms with Gasteiger partial charge in [-0.25, -0.2) is 0 Å².